The number of hydrogen-bond donors (Lipinski definition) is 1. The van der Waals surface area contributed by atoms with E-state index in [1.807, 2.05) is 0 Å². The topological polar surface area (TPSA) is 71.4 Å². The molecular weight excluding hydrogens is 424 g/mol. The molecule has 1 saturated carbocycles. The predicted molar refractivity (Wildman–Crippen MR) is 87.0 cm³/mol. The Kier molecular flexibility index (Phi) is 5.48. The Morgan fingerprint density at radius 1 is 1.19 bits per heavy atom. The summed E-state index contributed by atoms with van der Waals surface area (Å²) in [6.45, 7) is 0. The molecule has 0 aromatic heterocycles. The molecular formula is C14H16Br2O4S. The highest BCUT2D eigenvalue weighted by molar-refractivity contribution is 9.11. The highest BCUT2D eigenvalue weighted by Crippen LogP contribution is 2.35. The lowest BCUT2D eigenvalue weighted by atomic mass is 9.87. The van der Waals surface area contributed by atoms with E-state index in [0.717, 1.165) is 19.3 Å². The minimum absolute atomic E-state index is 0.0369. The Labute approximate surface area is 141 Å². The zero-order valence-electron chi connectivity index (χ0n) is 11.3. The maximum atomic E-state index is 12.8. The van der Waals surface area contributed by atoms with E-state index in [2.05, 4.69) is 31.9 Å². The van der Waals surface area contributed by atoms with Gasteiger partial charge in [0, 0.05) is 8.95 Å². The van der Waals surface area contributed by atoms with Gasteiger partial charge in [-0.2, -0.15) is 0 Å². The Bertz CT molecular complexity index is 636. The molecule has 0 spiro atoms. The third-order valence-corrected chi connectivity index (χ3v) is 7.51. The van der Waals surface area contributed by atoms with Crippen molar-refractivity contribution in [2.45, 2.75) is 42.2 Å². The second kappa shape index (κ2) is 6.79. The van der Waals surface area contributed by atoms with Crippen molar-refractivity contribution in [3.63, 3.8) is 0 Å². The Hall–Kier alpha value is -0.400. The summed E-state index contributed by atoms with van der Waals surface area (Å²) in [7, 11) is -3.93. The molecule has 2 rings (SSSR count). The van der Waals surface area contributed by atoms with Gasteiger partial charge in [0.2, 0.25) is 0 Å². The zero-order valence-corrected chi connectivity index (χ0v) is 15.2. The normalized spacial score (nSPS) is 18.4. The van der Waals surface area contributed by atoms with E-state index in [4.69, 9.17) is 0 Å². The van der Waals surface area contributed by atoms with Gasteiger partial charge in [-0.25, -0.2) is 8.42 Å². The van der Waals surface area contributed by atoms with Crippen molar-refractivity contribution in [3.05, 3.63) is 27.1 Å². The quantitative estimate of drug-likeness (QED) is 0.768. The summed E-state index contributed by atoms with van der Waals surface area (Å²) < 4.78 is 26.6. The summed E-state index contributed by atoms with van der Waals surface area (Å²) in [4.78, 5) is 11.6. The second-order valence-corrected chi connectivity index (χ2v) is 9.08. The number of carboxylic acids is 1. The monoisotopic (exact) mass is 438 g/mol. The molecule has 1 unspecified atom stereocenters. The molecule has 4 nitrogen and oxygen atoms in total. The highest BCUT2D eigenvalue weighted by Gasteiger charge is 2.41. The van der Waals surface area contributed by atoms with Crippen LogP contribution in [0.1, 0.15) is 32.1 Å². The van der Waals surface area contributed by atoms with Crippen molar-refractivity contribution in [1.82, 2.24) is 0 Å². The van der Waals surface area contributed by atoms with Crippen LogP contribution in [0.4, 0.5) is 0 Å². The smallest absolute Gasteiger partial charge is 0.322 e. The zero-order chi connectivity index (χ0) is 15.6. The maximum absolute atomic E-state index is 12.8. The van der Waals surface area contributed by atoms with E-state index in [9.17, 15) is 18.3 Å². The standard InChI is InChI=1S/C14H16Br2O4S/c15-10-6-7-11(16)12(8-10)21(19,20)13(14(17)18)9-4-2-1-3-5-9/h6-9,13H,1-5H2,(H,17,18). The fraction of sp³-hybridized carbons (Fsp3) is 0.500. The fourth-order valence-corrected chi connectivity index (χ4v) is 6.24. The van der Waals surface area contributed by atoms with Gasteiger partial charge in [-0.05, 0) is 52.9 Å². The van der Waals surface area contributed by atoms with Crippen LogP contribution in [-0.2, 0) is 14.6 Å². The van der Waals surface area contributed by atoms with Gasteiger partial charge in [-0.15, -0.1) is 0 Å². The lowest BCUT2D eigenvalue weighted by Gasteiger charge is -2.27. The van der Waals surface area contributed by atoms with Gasteiger partial charge >= 0.3 is 5.97 Å². The Balaban J connectivity index is 2.47. The number of rotatable bonds is 4. The molecule has 1 fully saturated rings. The molecule has 7 heteroatoms. The van der Waals surface area contributed by atoms with Crippen LogP contribution < -0.4 is 0 Å². The minimum atomic E-state index is -3.93. The van der Waals surface area contributed by atoms with Gasteiger partial charge in [0.15, 0.2) is 15.1 Å². The van der Waals surface area contributed by atoms with Crippen molar-refractivity contribution >= 4 is 47.7 Å². The summed E-state index contributed by atoms with van der Waals surface area (Å²) >= 11 is 6.45. The fourth-order valence-electron chi connectivity index (χ4n) is 2.86. The summed E-state index contributed by atoms with van der Waals surface area (Å²) in [5.41, 5.74) is 0. The molecule has 0 amide bonds. The van der Waals surface area contributed by atoms with Crippen LogP contribution in [0.2, 0.25) is 0 Å². The summed E-state index contributed by atoms with van der Waals surface area (Å²) in [6.07, 6.45) is 4.14. The molecule has 1 aromatic rings. The van der Waals surface area contributed by atoms with Crippen LogP contribution in [0.25, 0.3) is 0 Å². The molecule has 116 valence electrons. The van der Waals surface area contributed by atoms with Gasteiger partial charge in [0.05, 0.1) is 4.90 Å². The van der Waals surface area contributed by atoms with Crippen molar-refractivity contribution in [3.8, 4) is 0 Å². The van der Waals surface area contributed by atoms with Gasteiger partial charge in [-0.3, -0.25) is 4.79 Å². The number of halogens is 2. The lowest BCUT2D eigenvalue weighted by Crippen LogP contribution is -2.38. The van der Waals surface area contributed by atoms with Crippen LogP contribution in [0.15, 0.2) is 32.0 Å². The first-order valence-electron chi connectivity index (χ1n) is 6.76. The first kappa shape index (κ1) is 17.0. The van der Waals surface area contributed by atoms with E-state index in [-0.39, 0.29) is 10.8 Å². The largest absolute Gasteiger partial charge is 0.480 e. The molecule has 1 aromatic carbocycles. The van der Waals surface area contributed by atoms with Crippen LogP contribution in [0, 0.1) is 5.92 Å². The molecule has 21 heavy (non-hydrogen) atoms. The molecule has 0 aliphatic heterocycles. The molecule has 1 N–H and O–H groups in total. The molecule has 0 saturated heterocycles. The van der Waals surface area contributed by atoms with E-state index in [1.165, 1.54) is 6.07 Å². The van der Waals surface area contributed by atoms with Gasteiger partial charge in [0.1, 0.15) is 0 Å². The van der Waals surface area contributed by atoms with E-state index < -0.39 is 21.1 Å². The third kappa shape index (κ3) is 3.68. The molecule has 1 atom stereocenters. The number of hydrogen-bond acceptors (Lipinski definition) is 3. The summed E-state index contributed by atoms with van der Waals surface area (Å²) in [5, 5.41) is 8.10. The van der Waals surface area contributed by atoms with Gasteiger partial charge in [-0.1, -0.05) is 35.2 Å². The number of sulfone groups is 1. The number of carbonyl (C=O) groups is 1. The number of benzene rings is 1. The van der Waals surface area contributed by atoms with Crippen LogP contribution in [-0.4, -0.2) is 24.7 Å². The highest BCUT2D eigenvalue weighted by atomic mass is 79.9. The summed E-state index contributed by atoms with van der Waals surface area (Å²) in [6, 6.07) is 4.77. The van der Waals surface area contributed by atoms with Gasteiger partial charge < -0.3 is 5.11 Å². The van der Waals surface area contributed by atoms with Crippen molar-refractivity contribution in [2.24, 2.45) is 5.92 Å². The minimum Gasteiger partial charge on any atom is -0.480 e. The summed E-state index contributed by atoms with van der Waals surface area (Å²) in [5.74, 6) is -1.57. The first-order valence-corrected chi connectivity index (χ1v) is 9.89. The van der Waals surface area contributed by atoms with E-state index in [1.54, 1.807) is 12.1 Å². The van der Waals surface area contributed by atoms with Crippen molar-refractivity contribution in [2.75, 3.05) is 0 Å². The second-order valence-electron chi connectivity index (χ2n) is 5.28. The maximum Gasteiger partial charge on any atom is 0.322 e. The van der Waals surface area contributed by atoms with Crippen LogP contribution in [0.5, 0.6) is 0 Å². The molecule has 0 heterocycles. The van der Waals surface area contributed by atoms with E-state index >= 15 is 0 Å². The first-order chi connectivity index (χ1) is 9.84. The van der Waals surface area contributed by atoms with Crippen molar-refractivity contribution in [1.29, 1.82) is 0 Å². The average molecular weight is 440 g/mol. The molecule has 0 radical (unpaired) electrons. The average Bonchev–Trinajstić information content (AvgIpc) is 2.42. The predicted octanol–water partition coefficient (Wildman–Crippen LogP) is 4.02. The Morgan fingerprint density at radius 2 is 1.81 bits per heavy atom. The number of aliphatic carboxylic acids is 1. The Morgan fingerprint density at radius 3 is 2.38 bits per heavy atom. The SMILES string of the molecule is O=C(O)C(C1CCCCC1)S(=O)(=O)c1cc(Br)ccc1Br. The number of carboxylic acid groups (broad SMARTS) is 1. The third-order valence-electron chi connectivity index (χ3n) is 3.86. The molecule has 0 bridgehead atoms. The molecule has 1 aliphatic rings. The van der Waals surface area contributed by atoms with Gasteiger partial charge in [0.25, 0.3) is 0 Å². The van der Waals surface area contributed by atoms with Crippen LogP contribution in [0.3, 0.4) is 0 Å². The molecule has 1 aliphatic carbocycles. The lowest BCUT2D eigenvalue weighted by molar-refractivity contribution is -0.137. The van der Waals surface area contributed by atoms with E-state index in [0.29, 0.717) is 21.8 Å². The van der Waals surface area contributed by atoms with Crippen molar-refractivity contribution < 1.29 is 18.3 Å². The van der Waals surface area contributed by atoms with Crippen LogP contribution >= 0.6 is 31.9 Å².